The Balaban J connectivity index is 1.08. The molecule has 0 amide bonds. The maximum atomic E-state index is 9.80. The van der Waals surface area contributed by atoms with Crippen molar-refractivity contribution in [3.8, 4) is 91.1 Å². The first-order valence-electron chi connectivity index (χ1n) is 23.6. The molecule has 4 aromatic heterocycles. The summed E-state index contributed by atoms with van der Waals surface area (Å²) in [6.07, 6.45) is 3.83. The fourth-order valence-corrected chi connectivity index (χ4v) is 10.2. The SMILES string of the molecule is N#Cc1cccc(-c2ccc3c(c2)c2ccccc2n3-c2ccncc2-c2ccc(-c3nc(-c4ccccc4)nc(-c4ccccc4)n3)cc2-n2c3ccccc3c3cc(-c4cccc(C#N)c4)ccc32)c1. The van der Waals surface area contributed by atoms with Crippen LogP contribution in [0.1, 0.15) is 11.1 Å². The molecule has 0 spiro atoms. The number of nitrogens with zero attached hydrogens (tertiary/aromatic N) is 8. The van der Waals surface area contributed by atoms with Crippen LogP contribution in [0.5, 0.6) is 0 Å². The Labute approximate surface area is 414 Å². The van der Waals surface area contributed by atoms with Crippen LogP contribution in [0.25, 0.3) is 123 Å². The largest absolute Gasteiger partial charge is 0.309 e. The summed E-state index contributed by atoms with van der Waals surface area (Å²) in [5, 5.41) is 23.9. The lowest BCUT2D eigenvalue weighted by Crippen LogP contribution is -2.04. The molecule has 0 fully saturated rings. The molecule has 0 aliphatic carbocycles. The predicted octanol–water partition coefficient (Wildman–Crippen LogP) is 15.2. The lowest BCUT2D eigenvalue weighted by Gasteiger charge is -2.19. The van der Waals surface area contributed by atoms with Crippen LogP contribution >= 0.6 is 0 Å². The van der Waals surface area contributed by atoms with Crippen LogP contribution in [0, 0.1) is 22.7 Å². The molecule has 8 heteroatoms. The lowest BCUT2D eigenvalue weighted by atomic mass is 9.99. The highest BCUT2D eigenvalue weighted by Crippen LogP contribution is 2.43. The van der Waals surface area contributed by atoms with Crippen molar-refractivity contribution >= 4 is 43.6 Å². The molecule has 8 nitrogen and oxygen atoms in total. The van der Waals surface area contributed by atoms with Gasteiger partial charge in [-0.1, -0.05) is 146 Å². The first kappa shape index (κ1) is 41.9. The monoisotopic (exact) mass is 918 g/mol. The highest BCUT2D eigenvalue weighted by Gasteiger charge is 2.23. The van der Waals surface area contributed by atoms with Gasteiger partial charge < -0.3 is 9.13 Å². The van der Waals surface area contributed by atoms with E-state index in [1.165, 1.54) is 0 Å². The quantitative estimate of drug-likeness (QED) is 0.150. The van der Waals surface area contributed by atoms with Crippen molar-refractivity contribution < 1.29 is 0 Å². The van der Waals surface area contributed by atoms with Crippen LogP contribution in [-0.2, 0) is 0 Å². The van der Waals surface area contributed by atoms with E-state index in [4.69, 9.17) is 19.9 Å². The molecule has 13 aromatic rings. The normalized spacial score (nSPS) is 11.3. The minimum Gasteiger partial charge on any atom is -0.309 e. The second-order valence-electron chi connectivity index (χ2n) is 17.7. The number of para-hydroxylation sites is 2. The highest BCUT2D eigenvalue weighted by atomic mass is 15.0. The van der Waals surface area contributed by atoms with Gasteiger partial charge >= 0.3 is 0 Å². The Kier molecular flexibility index (Phi) is 10.1. The van der Waals surface area contributed by atoms with Gasteiger partial charge in [0.15, 0.2) is 17.5 Å². The van der Waals surface area contributed by atoms with E-state index in [-0.39, 0.29) is 0 Å². The molecule has 0 bridgehead atoms. The lowest BCUT2D eigenvalue weighted by molar-refractivity contribution is 1.07. The van der Waals surface area contributed by atoms with Crippen LogP contribution in [0.2, 0.25) is 0 Å². The van der Waals surface area contributed by atoms with Gasteiger partial charge in [-0.3, -0.25) is 4.98 Å². The van der Waals surface area contributed by atoms with Gasteiger partial charge in [0.2, 0.25) is 0 Å². The molecular weight excluding hydrogens is 881 g/mol. The third kappa shape index (κ3) is 7.15. The molecule has 9 aromatic carbocycles. The standard InChI is InChI=1S/C64H38N8/c65-38-41-13-11-19-45(33-41)47-26-29-58-53(35-47)50-21-7-9-23-56(50)71(58)60-31-32-67-40-55(60)52-28-25-49(64-69-62(43-15-3-1-4-16-43)68-63(70-64)44-17-5-2-6-18-44)37-61(52)72-57-24-10-8-22-51(57)54-36-48(27-30-59(54)72)46-20-12-14-42(34-46)39-66/h1-37,40H. The van der Waals surface area contributed by atoms with Crippen molar-refractivity contribution in [3.63, 3.8) is 0 Å². The molecule has 4 heterocycles. The second-order valence-corrected chi connectivity index (χ2v) is 17.7. The van der Waals surface area contributed by atoms with Crippen LogP contribution in [0.4, 0.5) is 0 Å². The summed E-state index contributed by atoms with van der Waals surface area (Å²) in [5.41, 5.74) is 15.7. The van der Waals surface area contributed by atoms with Gasteiger partial charge in [-0.2, -0.15) is 10.5 Å². The summed E-state index contributed by atoms with van der Waals surface area (Å²) < 4.78 is 4.69. The fourth-order valence-electron chi connectivity index (χ4n) is 10.2. The third-order valence-electron chi connectivity index (χ3n) is 13.5. The zero-order valence-electron chi connectivity index (χ0n) is 38.5. The summed E-state index contributed by atoms with van der Waals surface area (Å²) in [6.45, 7) is 0. The van der Waals surface area contributed by atoms with Gasteiger partial charge in [-0.15, -0.1) is 0 Å². The smallest absolute Gasteiger partial charge is 0.164 e. The Hall–Kier alpha value is -10.3. The molecule has 0 unspecified atom stereocenters. The van der Waals surface area contributed by atoms with E-state index in [9.17, 15) is 10.5 Å². The molecule has 72 heavy (non-hydrogen) atoms. The molecule has 0 saturated heterocycles. The number of fused-ring (bicyclic) bond motifs is 6. The van der Waals surface area contributed by atoms with Crippen LogP contribution < -0.4 is 0 Å². The van der Waals surface area contributed by atoms with E-state index in [0.29, 0.717) is 28.6 Å². The summed E-state index contributed by atoms with van der Waals surface area (Å²) in [6, 6.07) is 78.9. The van der Waals surface area contributed by atoms with Crippen molar-refractivity contribution in [2.45, 2.75) is 0 Å². The predicted molar refractivity (Wildman–Crippen MR) is 288 cm³/mol. The molecule has 0 atom stereocenters. The number of nitriles is 2. The number of pyridine rings is 1. The maximum Gasteiger partial charge on any atom is 0.164 e. The maximum absolute atomic E-state index is 9.80. The molecular formula is C64H38N8. The third-order valence-corrected chi connectivity index (χ3v) is 13.5. The minimum absolute atomic E-state index is 0.542. The number of aromatic nitrogens is 6. The first-order valence-corrected chi connectivity index (χ1v) is 23.6. The van der Waals surface area contributed by atoms with Crippen LogP contribution in [0.3, 0.4) is 0 Å². The average molecular weight is 919 g/mol. The topological polar surface area (TPSA) is 109 Å². The Morgan fingerprint density at radius 3 is 1.31 bits per heavy atom. The van der Waals surface area contributed by atoms with Crippen molar-refractivity contribution in [3.05, 3.63) is 242 Å². The van der Waals surface area contributed by atoms with Gasteiger partial charge in [0.1, 0.15) is 0 Å². The Bertz CT molecular complexity index is 4310. The number of hydrogen-bond donors (Lipinski definition) is 0. The van der Waals surface area contributed by atoms with E-state index in [1.54, 1.807) is 0 Å². The molecule has 0 aliphatic rings. The van der Waals surface area contributed by atoms with Gasteiger partial charge in [-0.05, 0) is 95.1 Å². The molecule has 334 valence electrons. The van der Waals surface area contributed by atoms with E-state index in [0.717, 1.165) is 105 Å². The summed E-state index contributed by atoms with van der Waals surface area (Å²) >= 11 is 0. The zero-order valence-corrected chi connectivity index (χ0v) is 38.5. The molecule has 0 saturated carbocycles. The minimum atomic E-state index is 0.542. The number of rotatable bonds is 8. The average Bonchev–Trinajstić information content (AvgIpc) is 3.97. The van der Waals surface area contributed by atoms with Crippen LogP contribution in [-0.4, -0.2) is 29.1 Å². The number of hydrogen-bond acceptors (Lipinski definition) is 6. The molecule has 0 aliphatic heterocycles. The number of benzene rings is 9. The van der Waals surface area contributed by atoms with E-state index >= 15 is 0 Å². The van der Waals surface area contributed by atoms with Crippen molar-refractivity contribution in [1.29, 1.82) is 10.5 Å². The van der Waals surface area contributed by atoms with Crippen molar-refractivity contribution in [2.75, 3.05) is 0 Å². The van der Waals surface area contributed by atoms with Gasteiger partial charge in [0.05, 0.1) is 56.7 Å². The Morgan fingerprint density at radius 2 is 0.764 bits per heavy atom. The molecule has 13 rings (SSSR count). The molecule has 0 N–H and O–H groups in total. The molecule has 0 radical (unpaired) electrons. The highest BCUT2D eigenvalue weighted by molar-refractivity contribution is 6.13. The van der Waals surface area contributed by atoms with E-state index in [2.05, 4.69) is 143 Å². The first-order chi connectivity index (χ1) is 35.6. The van der Waals surface area contributed by atoms with Crippen molar-refractivity contribution in [1.82, 2.24) is 29.1 Å². The Morgan fingerprint density at radius 1 is 0.319 bits per heavy atom. The summed E-state index contributed by atoms with van der Waals surface area (Å²) in [5.74, 6) is 1.70. The summed E-state index contributed by atoms with van der Waals surface area (Å²) in [7, 11) is 0. The summed E-state index contributed by atoms with van der Waals surface area (Å²) in [4.78, 5) is 20.2. The van der Waals surface area contributed by atoms with Crippen LogP contribution in [0.15, 0.2) is 231 Å². The fraction of sp³-hybridized carbons (Fsp3) is 0. The van der Waals surface area contributed by atoms with Gasteiger partial charge in [-0.25, -0.2) is 15.0 Å². The van der Waals surface area contributed by atoms with E-state index < -0.39 is 0 Å². The van der Waals surface area contributed by atoms with Crippen molar-refractivity contribution in [2.24, 2.45) is 0 Å². The zero-order chi connectivity index (χ0) is 48.1. The van der Waals surface area contributed by atoms with Gasteiger partial charge in [0, 0.05) is 61.8 Å². The van der Waals surface area contributed by atoms with Gasteiger partial charge in [0.25, 0.3) is 0 Å². The second kappa shape index (κ2) is 17.4. The van der Waals surface area contributed by atoms with E-state index in [1.807, 2.05) is 109 Å².